The van der Waals surface area contributed by atoms with Crippen LogP contribution in [0.25, 0.3) is 11.0 Å². The van der Waals surface area contributed by atoms with Crippen LogP contribution >= 0.6 is 0 Å². The second kappa shape index (κ2) is 7.27. The highest BCUT2D eigenvalue weighted by Gasteiger charge is 2.15. The van der Waals surface area contributed by atoms with Crippen LogP contribution in [0.1, 0.15) is 39.0 Å². The van der Waals surface area contributed by atoms with E-state index in [-0.39, 0.29) is 12.3 Å². The number of ketones is 1. The number of aromatic nitrogens is 5. The van der Waals surface area contributed by atoms with Crippen LogP contribution in [0.15, 0.2) is 30.9 Å². The average Bonchev–Trinajstić information content (AvgIpc) is 3.22. The number of nitrogens with one attached hydrogen (secondary N) is 1. The Morgan fingerprint density at radius 3 is 2.92 bits per heavy atom. The van der Waals surface area contributed by atoms with E-state index in [1.807, 2.05) is 6.20 Å². The van der Waals surface area contributed by atoms with Gasteiger partial charge < -0.3 is 9.88 Å². The molecular formula is C19H24N6O. The second-order valence-corrected chi connectivity index (χ2v) is 7.20. The van der Waals surface area contributed by atoms with Gasteiger partial charge in [0.05, 0.1) is 18.4 Å². The first-order valence-electron chi connectivity index (χ1n) is 9.28. The molecule has 1 aliphatic rings. The van der Waals surface area contributed by atoms with Crippen molar-refractivity contribution in [3.8, 4) is 0 Å². The summed E-state index contributed by atoms with van der Waals surface area (Å²) in [5.41, 5.74) is 1.74. The maximum Gasteiger partial charge on any atom is 0.229 e. The van der Waals surface area contributed by atoms with Gasteiger partial charge in [-0.2, -0.15) is 10.1 Å². The quantitative estimate of drug-likeness (QED) is 0.734. The van der Waals surface area contributed by atoms with Crippen molar-refractivity contribution in [1.82, 2.24) is 24.3 Å². The lowest BCUT2D eigenvalue weighted by Gasteiger charge is -2.22. The van der Waals surface area contributed by atoms with E-state index in [0.717, 1.165) is 29.2 Å². The van der Waals surface area contributed by atoms with Crippen LogP contribution in [-0.4, -0.2) is 30.1 Å². The first-order chi connectivity index (χ1) is 12.7. The molecule has 0 amide bonds. The Labute approximate surface area is 152 Å². The summed E-state index contributed by atoms with van der Waals surface area (Å²) in [6, 6.07) is 2.08. The molecule has 1 saturated carbocycles. The molecule has 1 aliphatic carbocycles. The van der Waals surface area contributed by atoms with Crippen LogP contribution in [0.2, 0.25) is 0 Å². The third kappa shape index (κ3) is 3.76. The molecule has 3 aromatic heterocycles. The van der Waals surface area contributed by atoms with Crippen molar-refractivity contribution in [1.29, 1.82) is 0 Å². The van der Waals surface area contributed by atoms with Crippen molar-refractivity contribution >= 4 is 28.5 Å². The van der Waals surface area contributed by atoms with E-state index in [1.165, 1.54) is 32.1 Å². The van der Waals surface area contributed by atoms with Crippen molar-refractivity contribution in [3.05, 3.63) is 30.9 Å². The van der Waals surface area contributed by atoms with Gasteiger partial charge in [-0.05, 0) is 31.7 Å². The normalized spacial score (nSPS) is 15.4. The van der Waals surface area contributed by atoms with Crippen LogP contribution in [-0.2, 0) is 17.9 Å². The summed E-state index contributed by atoms with van der Waals surface area (Å²) in [5, 5.41) is 8.41. The van der Waals surface area contributed by atoms with E-state index in [2.05, 4.69) is 32.2 Å². The van der Waals surface area contributed by atoms with E-state index in [9.17, 15) is 4.79 Å². The van der Waals surface area contributed by atoms with Gasteiger partial charge in [0.25, 0.3) is 0 Å². The van der Waals surface area contributed by atoms with E-state index >= 15 is 0 Å². The minimum atomic E-state index is 0.0675. The van der Waals surface area contributed by atoms with Crippen molar-refractivity contribution < 1.29 is 4.79 Å². The molecule has 0 unspecified atom stereocenters. The summed E-state index contributed by atoms with van der Waals surface area (Å²) in [5.74, 6) is 1.36. The summed E-state index contributed by atoms with van der Waals surface area (Å²) in [6.07, 6.45) is 14.1. The lowest BCUT2D eigenvalue weighted by Crippen LogP contribution is -2.14. The molecule has 7 nitrogen and oxygen atoms in total. The average molecular weight is 352 g/mol. The summed E-state index contributed by atoms with van der Waals surface area (Å²) in [6.45, 7) is 2.84. The van der Waals surface area contributed by atoms with Crippen LogP contribution in [0.5, 0.6) is 0 Å². The van der Waals surface area contributed by atoms with Crippen LogP contribution in [0, 0.1) is 5.92 Å². The Morgan fingerprint density at radius 2 is 2.12 bits per heavy atom. The minimum Gasteiger partial charge on any atom is -0.332 e. The second-order valence-electron chi connectivity index (χ2n) is 7.20. The van der Waals surface area contributed by atoms with E-state index in [4.69, 9.17) is 4.98 Å². The molecule has 0 saturated heterocycles. The Balaban J connectivity index is 1.51. The number of nitrogens with zero attached hydrogens (tertiary/aromatic N) is 5. The number of rotatable bonds is 6. The molecule has 0 atom stereocenters. The molecule has 0 bridgehead atoms. The molecular weight excluding hydrogens is 328 g/mol. The molecule has 4 rings (SSSR count). The number of fused-ring (bicyclic) bond motifs is 1. The van der Waals surface area contributed by atoms with Gasteiger partial charge in [-0.15, -0.1) is 0 Å². The smallest absolute Gasteiger partial charge is 0.229 e. The molecule has 0 radical (unpaired) electrons. The van der Waals surface area contributed by atoms with Gasteiger partial charge in [0.15, 0.2) is 5.78 Å². The van der Waals surface area contributed by atoms with E-state index in [0.29, 0.717) is 5.95 Å². The highest BCUT2D eigenvalue weighted by molar-refractivity contribution is 5.77. The number of carbonyl (C=O) groups is 1. The molecule has 0 aliphatic heterocycles. The highest BCUT2D eigenvalue weighted by Crippen LogP contribution is 2.26. The third-order valence-electron chi connectivity index (χ3n) is 4.96. The first-order valence-corrected chi connectivity index (χ1v) is 9.28. The van der Waals surface area contributed by atoms with Gasteiger partial charge >= 0.3 is 0 Å². The topological polar surface area (TPSA) is 77.6 Å². The molecule has 26 heavy (non-hydrogen) atoms. The fourth-order valence-electron chi connectivity index (χ4n) is 3.70. The number of carbonyl (C=O) groups excluding carboxylic acids is 1. The highest BCUT2D eigenvalue weighted by atomic mass is 16.1. The molecule has 7 heteroatoms. The minimum absolute atomic E-state index is 0.0675. The number of hydrogen-bond donors (Lipinski definition) is 1. The van der Waals surface area contributed by atoms with E-state index < -0.39 is 0 Å². The molecule has 3 aromatic rings. The van der Waals surface area contributed by atoms with Crippen molar-refractivity contribution in [2.75, 3.05) is 5.32 Å². The summed E-state index contributed by atoms with van der Waals surface area (Å²) in [7, 11) is 0. The van der Waals surface area contributed by atoms with Crippen LogP contribution in [0.3, 0.4) is 0 Å². The standard InChI is InChI=1S/C19H24N6O/c1-14(26)11-25-13-17(10-21-25)22-19-20-9-16-7-8-24(18(16)23-19)12-15-5-3-2-4-6-15/h7-10,13,15H,2-6,11-12H2,1H3,(H,20,22,23). The summed E-state index contributed by atoms with van der Waals surface area (Å²) < 4.78 is 3.85. The van der Waals surface area contributed by atoms with Gasteiger partial charge in [-0.3, -0.25) is 9.48 Å². The molecule has 136 valence electrons. The zero-order valence-electron chi connectivity index (χ0n) is 15.1. The van der Waals surface area contributed by atoms with Gasteiger partial charge in [0.2, 0.25) is 5.95 Å². The van der Waals surface area contributed by atoms with Gasteiger partial charge in [-0.1, -0.05) is 19.3 Å². The van der Waals surface area contributed by atoms with Crippen LogP contribution in [0.4, 0.5) is 11.6 Å². The Bertz CT molecular complexity index is 906. The Morgan fingerprint density at radius 1 is 1.27 bits per heavy atom. The van der Waals surface area contributed by atoms with E-state index in [1.54, 1.807) is 24.0 Å². The van der Waals surface area contributed by atoms with Gasteiger partial charge in [0.1, 0.15) is 5.65 Å². The van der Waals surface area contributed by atoms with Crippen molar-refractivity contribution in [2.45, 2.75) is 52.1 Å². The molecule has 1 N–H and O–H groups in total. The largest absolute Gasteiger partial charge is 0.332 e. The maximum atomic E-state index is 11.2. The lowest BCUT2D eigenvalue weighted by atomic mass is 9.89. The number of hydrogen-bond acceptors (Lipinski definition) is 5. The fraction of sp³-hybridized carbons (Fsp3) is 0.474. The predicted molar refractivity (Wildman–Crippen MR) is 100 cm³/mol. The van der Waals surface area contributed by atoms with Crippen molar-refractivity contribution in [2.24, 2.45) is 5.92 Å². The fourth-order valence-corrected chi connectivity index (χ4v) is 3.70. The predicted octanol–water partition coefficient (Wildman–Crippen LogP) is 3.54. The zero-order chi connectivity index (χ0) is 17.9. The monoisotopic (exact) mass is 352 g/mol. The maximum absolute atomic E-state index is 11.2. The number of anilines is 2. The van der Waals surface area contributed by atoms with Gasteiger partial charge in [0, 0.05) is 30.5 Å². The van der Waals surface area contributed by atoms with Gasteiger partial charge in [-0.25, -0.2) is 4.98 Å². The summed E-state index contributed by atoms with van der Waals surface area (Å²) >= 11 is 0. The Hall–Kier alpha value is -2.70. The summed E-state index contributed by atoms with van der Waals surface area (Å²) in [4.78, 5) is 20.3. The SMILES string of the molecule is CC(=O)Cn1cc(Nc2ncc3ccn(CC4CCCCC4)c3n2)cn1. The molecule has 0 aromatic carbocycles. The molecule has 3 heterocycles. The first kappa shape index (κ1) is 16.8. The van der Waals surface area contributed by atoms with Crippen LogP contribution < -0.4 is 5.32 Å². The Kier molecular flexibility index (Phi) is 4.69. The van der Waals surface area contributed by atoms with Crippen molar-refractivity contribution in [3.63, 3.8) is 0 Å². The lowest BCUT2D eigenvalue weighted by molar-refractivity contribution is -0.117. The third-order valence-corrected chi connectivity index (χ3v) is 4.96. The zero-order valence-corrected chi connectivity index (χ0v) is 15.1. The number of Topliss-reactive ketones (excluding diaryl/α,β-unsaturated/α-hetero) is 1. The molecule has 1 fully saturated rings. The molecule has 0 spiro atoms.